The fourth-order valence-electron chi connectivity index (χ4n) is 1.21. The quantitative estimate of drug-likeness (QED) is 0.636. The molecule has 0 saturated carbocycles. The first-order valence-electron chi connectivity index (χ1n) is 4.32. The molecule has 0 amide bonds. The second-order valence-corrected chi connectivity index (χ2v) is 8.32. The molecule has 0 aliphatic rings. The maximum atomic E-state index is 2.25. The van der Waals surface area contributed by atoms with Gasteiger partial charge < -0.3 is 0 Å². The van der Waals surface area contributed by atoms with E-state index in [1.807, 2.05) is 0 Å². The Kier molecular flexibility index (Phi) is 8.10. The van der Waals surface area contributed by atoms with Gasteiger partial charge in [0.05, 0.1) is 0 Å². The van der Waals surface area contributed by atoms with Crippen molar-refractivity contribution in [3.63, 3.8) is 0 Å². The molecule has 0 unspecified atom stereocenters. The van der Waals surface area contributed by atoms with Gasteiger partial charge in [-0.05, 0) is 0 Å². The molecule has 0 bridgehead atoms. The fourth-order valence-corrected chi connectivity index (χ4v) is 5.30. The van der Waals surface area contributed by atoms with E-state index >= 15 is 0 Å². The van der Waals surface area contributed by atoms with Crippen LogP contribution in [0, 0.1) is 0 Å². The molecule has 0 spiro atoms. The van der Waals surface area contributed by atoms with Gasteiger partial charge in [0.2, 0.25) is 0 Å². The van der Waals surface area contributed by atoms with Gasteiger partial charge in [-0.25, -0.2) is 0 Å². The van der Waals surface area contributed by atoms with Crippen LogP contribution in [-0.4, -0.2) is 24.2 Å². The van der Waals surface area contributed by atoms with Gasteiger partial charge in [0.1, 0.15) is 0 Å². The second kappa shape index (κ2) is 8.14. The summed E-state index contributed by atoms with van der Waals surface area (Å²) in [5.41, 5.74) is 0. The van der Waals surface area contributed by atoms with Crippen LogP contribution in [0.2, 0.25) is 0 Å². The number of rotatable bonds is 2. The molecule has 0 aliphatic carbocycles. The SMILES string of the molecule is Cl.Cl.c1cc[c]([Pb][c]2ccccc2)cc1. The first-order valence-corrected chi connectivity index (χ1v) is 8.21. The van der Waals surface area contributed by atoms with Crippen molar-refractivity contribution < 1.29 is 0 Å². The van der Waals surface area contributed by atoms with Gasteiger partial charge in [-0.15, -0.1) is 24.8 Å². The Morgan fingerprint density at radius 2 is 0.867 bits per heavy atom. The van der Waals surface area contributed by atoms with Crippen molar-refractivity contribution in [3.05, 3.63) is 60.7 Å². The Labute approximate surface area is 115 Å². The Balaban J connectivity index is 0.000000980. The first kappa shape index (κ1) is 14.9. The Hall–Kier alpha value is -0.0579. The number of hydrogen-bond acceptors (Lipinski definition) is 0. The van der Waals surface area contributed by atoms with Gasteiger partial charge in [-0.1, -0.05) is 0 Å². The molecule has 0 atom stereocenters. The second-order valence-electron chi connectivity index (χ2n) is 2.86. The summed E-state index contributed by atoms with van der Waals surface area (Å²) in [4.78, 5) is 0. The van der Waals surface area contributed by atoms with Gasteiger partial charge in [0, 0.05) is 0 Å². The molecular weight excluding hydrogens is 422 g/mol. The topological polar surface area (TPSA) is 0 Å². The van der Waals surface area contributed by atoms with Crippen LogP contribution in [0.4, 0.5) is 0 Å². The normalized spacial score (nSPS) is 8.53. The molecule has 2 aromatic carbocycles. The third kappa shape index (κ3) is 5.00. The van der Waals surface area contributed by atoms with Crippen LogP contribution in [0.3, 0.4) is 0 Å². The zero-order chi connectivity index (χ0) is 8.93. The van der Waals surface area contributed by atoms with Gasteiger partial charge >= 0.3 is 91.1 Å². The van der Waals surface area contributed by atoms with E-state index in [0.717, 1.165) is 0 Å². The van der Waals surface area contributed by atoms with E-state index in [0.29, 0.717) is 0 Å². The molecule has 2 aromatic rings. The van der Waals surface area contributed by atoms with Crippen LogP contribution in [-0.2, 0) is 0 Å². The van der Waals surface area contributed by atoms with Crippen molar-refractivity contribution >= 4 is 55.3 Å². The van der Waals surface area contributed by atoms with E-state index in [2.05, 4.69) is 60.7 Å². The third-order valence-electron chi connectivity index (χ3n) is 1.84. The monoisotopic (exact) mass is 434 g/mol. The maximum absolute atomic E-state index is 2.25. The van der Waals surface area contributed by atoms with Crippen molar-refractivity contribution in [2.24, 2.45) is 0 Å². The summed E-state index contributed by atoms with van der Waals surface area (Å²) >= 11 is -0.740. The van der Waals surface area contributed by atoms with E-state index in [9.17, 15) is 0 Å². The summed E-state index contributed by atoms with van der Waals surface area (Å²) in [7, 11) is 0. The summed E-state index contributed by atoms with van der Waals surface area (Å²) < 4.78 is 3.13. The Bertz CT molecular complexity index is 324. The van der Waals surface area contributed by atoms with Gasteiger partial charge in [-0.3, -0.25) is 0 Å². The molecule has 2 rings (SSSR count). The molecule has 15 heavy (non-hydrogen) atoms. The van der Waals surface area contributed by atoms with Gasteiger partial charge in [0.25, 0.3) is 0 Å². The van der Waals surface area contributed by atoms with Crippen molar-refractivity contribution in [1.82, 2.24) is 0 Å². The molecule has 0 saturated heterocycles. The molecule has 2 radical (unpaired) electrons. The van der Waals surface area contributed by atoms with E-state index in [1.165, 1.54) is 0 Å². The minimum atomic E-state index is -0.740. The van der Waals surface area contributed by atoms with Crippen LogP contribution in [0.5, 0.6) is 0 Å². The van der Waals surface area contributed by atoms with Crippen molar-refractivity contribution in [2.75, 3.05) is 0 Å². The summed E-state index contributed by atoms with van der Waals surface area (Å²) in [5, 5.41) is 0. The van der Waals surface area contributed by atoms with Crippen molar-refractivity contribution in [1.29, 1.82) is 0 Å². The van der Waals surface area contributed by atoms with Crippen LogP contribution in [0.25, 0.3) is 0 Å². The summed E-state index contributed by atoms with van der Waals surface area (Å²) in [6, 6.07) is 21.7. The predicted molar refractivity (Wildman–Crippen MR) is 72.4 cm³/mol. The van der Waals surface area contributed by atoms with Crippen molar-refractivity contribution in [2.45, 2.75) is 0 Å². The van der Waals surface area contributed by atoms with E-state index < -0.39 is 24.2 Å². The standard InChI is InChI=1S/2C6H5.2ClH.Pb/c2*1-2-4-6-5-3-1;;;/h2*1-5H;2*1H;. The molecule has 0 aliphatic heterocycles. The molecule has 3 heteroatoms. The third-order valence-corrected chi connectivity index (χ3v) is 6.67. The van der Waals surface area contributed by atoms with Gasteiger partial charge in [-0.2, -0.15) is 0 Å². The van der Waals surface area contributed by atoms with Crippen molar-refractivity contribution in [3.8, 4) is 0 Å². The predicted octanol–water partition coefficient (Wildman–Crippen LogP) is 2.19. The minimum absolute atomic E-state index is 0. The van der Waals surface area contributed by atoms with Crippen LogP contribution in [0.15, 0.2) is 60.7 Å². The van der Waals surface area contributed by atoms with Crippen LogP contribution >= 0.6 is 24.8 Å². The number of hydrogen-bond donors (Lipinski definition) is 0. The molecule has 0 nitrogen and oxygen atoms in total. The molecule has 0 aromatic heterocycles. The zero-order valence-corrected chi connectivity index (χ0v) is 13.6. The Morgan fingerprint density at radius 3 is 1.20 bits per heavy atom. The van der Waals surface area contributed by atoms with Gasteiger partial charge in [0.15, 0.2) is 0 Å². The van der Waals surface area contributed by atoms with E-state index in [1.54, 1.807) is 6.25 Å². The number of benzene rings is 2. The molecule has 0 N–H and O–H groups in total. The molecule has 0 heterocycles. The number of halogens is 2. The van der Waals surface area contributed by atoms with Crippen LogP contribution < -0.4 is 6.25 Å². The van der Waals surface area contributed by atoms with E-state index in [4.69, 9.17) is 0 Å². The zero-order valence-electron chi connectivity index (χ0n) is 8.09. The molecule has 0 fully saturated rings. The molecule has 78 valence electrons. The summed E-state index contributed by atoms with van der Waals surface area (Å²) in [5.74, 6) is 0. The average Bonchev–Trinajstić information content (AvgIpc) is 2.21. The van der Waals surface area contributed by atoms with Crippen LogP contribution in [0.1, 0.15) is 0 Å². The summed E-state index contributed by atoms with van der Waals surface area (Å²) in [6.45, 7) is 0. The average molecular weight is 434 g/mol. The summed E-state index contributed by atoms with van der Waals surface area (Å²) in [6.07, 6.45) is 0. The first-order chi connectivity index (χ1) is 6.45. The Morgan fingerprint density at radius 1 is 0.533 bits per heavy atom. The van der Waals surface area contributed by atoms with E-state index in [-0.39, 0.29) is 24.8 Å². The fraction of sp³-hybridized carbons (Fsp3) is 0. The molecular formula is C12H12Cl2Pb.